The minimum Gasteiger partial charge on any atom is -0.495 e. The quantitative estimate of drug-likeness (QED) is 0.602. The Hall–Kier alpha value is -2.03. The van der Waals surface area contributed by atoms with E-state index >= 15 is 0 Å². The van der Waals surface area contributed by atoms with Crippen LogP contribution in [-0.2, 0) is 10.5 Å². The summed E-state index contributed by atoms with van der Waals surface area (Å²) in [4.78, 5) is 29.2. The third-order valence-electron chi connectivity index (χ3n) is 3.52. The SMILES string of the molecule is COc1ccc(Cl)cc1NC(=O)CCSCc1cc(=O)n2ccsc2n1. The molecular formula is C17H16ClN3O3S2. The first-order valence-corrected chi connectivity index (χ1v) is 10.1. The van der Waals surface area contributed by atoms with Gasteiger partial charge in [0.2, 0.25) is 5.91 Å². The molecule has 3 aromatic rings. The lowest BCUT2D eigenvalue weighted by molar-refractivity contribution is -0.115. The van der Waals surface area contributed by atoms with E-state index in [1.54, 1.807) is 36.2 Å². The summed E-state index contributed by atoms with van der Waals surface area (Å²) in [5, 5.41) is 5.16. The summed E-state index contributed by atoms with van der Waals surface area (Å²) in [6.07, 6.45) is 2.04. The molecule has 0 radical (unpaired) electrons. The molecule has 0 aliphatic heterocycles. The van der Waals surface area contributed by atoms with Crippen molar-refractivity contribution >= 4 is 51.3 Å². The molecule has 26 heavy (non-hydrogen) atoms. The fraction of sp³-hybridized carbons (Fsp3) is 0.235. The van der Waals surface area contributed by atoms with Gasteiger partial charge < -0.3 is 10.1 Å². The molecule has 2 aromatic heterocycles. The first-order chi connectivity index (χ1) is 12.6. The largest absolute Gasteiger partial charge is 0.495 e. The van der Waals surface area contributed by atoms with Gasteiger partial charge in [-0.25, -0.2) is 4.98 Å². The van der Waals surface area contributed by atoms with Crippen molar-refractivity contribution in [2.45, 2.75) is 12.2 Å². The van der Waals surface area contributed by atoms with Crippen molar-refractivity contribution in [3.05, 3.63) is 56.9 Å². The first-order valence-electron chi connectivity index (χ1n) is 7.74. The maximum Gasteiger partial charge on any atom is 0.258 e. The Kier molecular flexibility index (Phi) is 6.18. The smallest absolute Gasteiger partial charge is 0.258 e. The summed E-state index contributed by atoms with van der Waals surface area (Å²) in [6.45, 7) is 0. The monoisotopic (exact) mass is 409 g/mol. The van der Waals surface area contributed by atoms with Gasteiger partial charge in [0, 0.05) is 40.6 Å². The van der Waals surface area contributed by atoms with Crippen molar-refractivity contribution in [3.63, 3.8) is 0 Å². The fourth-order valence-electron chi connectivity index (χ4n) is 2.29. The number of fused-ring (bicyclic) bond motifs is 1. The highest BCUT2D eigenvalue weighted by Crippen LogP contribution is 2.27. The number of methoxy groups -OCH3 is 1. The third kappa shape index (κ3) is 4.57. The van der Waals surface area contributed by atoms with Crippen LogP contribution in [0.15, 0.2) is 40.6 Å². The highest BCUT2D eigenvalue weighted by atomic mass is 35.5. The number of carbonyl (C=O) groups is 1. The molecule has 2 heterocycles. The van der Waals surface area contributed by atoms with Crippen LogP contribution in [0.25, 0.3) is 4.96 Å². The molecule has 1 amide bonds. The van der Waals surface area contributed by atoms with Crippen LogP contribution in [0.2, 0.25) is 5.02 Å². The predicted octanol–water partition coefficient (Wildman–Crippen LogP) is 3.68. The zero-order valence-electron chi connectivity index (χ0n) is 13.9. The lowest BCUT2D eigenvalue weighted by Crippen LogP contribution is -2.14. The second-order valence-corrected chi connectivity index (χ2v) is 7.75. The zero-order valence-corrected chi connectivity index (χ0v) is 16.3. The maximum absolute atomic E-state index is 12.1. The van der Waals surface area contributed by atoms with Crippen molar-refractivity contribution in [1.29, 1.82) is 0 Å². The topological polar surface area (TPSA) is 72.7 Å². The van der Waals surface area contributed by atoms with Crippen molar-refractivity contribution in [2.24, 2.45) is 0 Å². The van der Waals surface area contributed by atoms with Crippen LogP contribution in [-0.4, -0.2) is 28.2 Å². The number of thioether (sulfide) groups is 1. The van der Waals surface area contributed by atoms with Crippen molar-refractivity contribution in [3.8, 4) is 5.75 Å². The van der Waals surface area contributed by atoms with Crippen LogP contribution in [0, 0.1) is 0 Å². The van der Waals surface area contributed by atoms with E-state index in [4.69, 9.17) is 16.3 Å². The second-order valence-electron chi connectivity index (χ2n) is 5.34. The van der Waals surface area contributed by atoms with Gasteiger partial charge in [0.05, 0.1) is 18.5 Å². The fourth-order valence-corrected chi connectivity index (χ4v) is 4.04. The number of hydrogen-bond donors (Lipinski definition) is 1. The molecule has 9 heteroatoms. The number of benzene rings is 1. The number of rotatable bonds is 7. The predicted molar refractivity (Wildman–Crippen MR) is 107 cm³/mol. The Morgan fingerprint density at radius 1 is 1.42 bits per heavy atom. The van der Waals surface area contributed by atoms with Gasteiger partial charge in [0.25, 0.3) is 5.56 Å². The van der Waals surface area contributed by atoms with E-state index in [0.29, 0.717) is 39.3 Å². The van der Waals surface area contributed by atoms with Crippen molar-refractivity contribution < 1.29 is 9.53 Å². The van der Waals surface area contributed by atoms with E-state index < -0.39 is 0 Å². The molecule has 0 spiro atoms. The molecule has 1 N–H and O–H groups in total. The van der Waals surface area contributed by atoms with Crippen LogP contribution in [0.1, 0.15) is 12.1 Å². The molecule has 0 fully saturated rings. The average Bonchev–Trinajstić information content (AvgIpc) is 3.08. The summed E-state index contributed by atoms with van der Waals surface area (Å²) >= 11 is 8.93. The third-order valence-corrected chi connectivity index (χ3v) is 5.50. The molecule has 0 aliphatic carbocycles. The number of nitrogens with zero attached hydrogens (tertiary/aromatic N) is 2. The number of nitrogens with one attached hydrogen (secondary N) is 1. The first kappa shape index (κ1) is 18.8. The Morgan fingerprint density at radius 2 is 2.27 bits per heavy atom. The molecule has 3 rings (SSSR count). The average molecular weight is 410 g/mol. The Morgan fingerprint density at radius 3 is 3.08 bits per heavy atom. The zero-order chi connectivity index (χ0) is 18.5. The lowest BCUT2D eigenvalue weighted by atomic mass is 10.3. The Balaban J connectivity index is 1.51. The molecule has 0 aliphatic rings. The van der Waals surface area contributed by atoms with Gasteiger partial charge in [0.1, 0.15) is 5.75 Å². The molecule has 0 atom stereocenters. The Bertz CT molecular complexity index is 987. The molecule has 1 aromatic carbocycles. The van der Waals surface area contributed by atoms with Gasteiger partial charge >= 0.3 is 0 Å². The van der Waals surface area contributed by atoms with Gasteiger partial charge in [0.15, 0.2) is 4.96 Å². The molecule has 0 saturated carbocycles. The summed E-state index contributed by atoms with van der Waals surface area (Å²) in [5.41, 5.74) is 1.19. The lowest BCUT2D eigenvalue weighted by Gasteiger charge is -2.10. The second kappa shape index (κ2) is 8.57. The van der Waals surface area contributed by atoms with E-state index in [-0.39, 0.29) is 11.5 Å². The number of halogens is 1. The van der Waals surface area contributed by atoms with Crippen LogP contribution >= 0.6 is 34.7 Å². The molecule has 0 bridgehead atoms. The highest BCUT2D eigenvalue weighted by Gasteiger charge is 2.09. The Labute approximate surface area is 163 Å². The van der Waals surface area contributed by atoms with Gasteiger partial charge in [-0.1, -0.05) is 11.6 Å². The highest BCUT2D eigenvalue weighted by molar-refractivity contribution is 7.98. The minimum absolute atomic E-state index is 0.0855. The number of amides is 1. The van der Waals surface area contributed by atoms with E-state index in [9.17, 15) is 9.59 Å². The number of thiazole rings is 1. The van der Waals surface area contributed by atoms with Gasteiger partial charge in [-0.3, -0.25) is 14.0 Å². The van der Waals surface area contributed by atoms with Crippen LogP contribution in [0.5, 0.6) is 5.75 Å². The normalized spacial score (nSPS) is 10.8. The van der Waals surface area contributed by atoms with Crippen LogP contribution in [0.4, 0.5) is 5.69 Å². The van der Waals surface area contributed by atoms with E-state index in [0.717, 1.165) is 5.69 Å². The molecule has 136 valence electrons. The maximum atomic E-state index is 12.1. The standard InChI is InChI=1S/C17H16ClN3O3S2/c1-24-14-3-2-11(18)8-13(14)20-15(22)4-6-25-10-12-9-16(23)21-5-7-26-17(21)19-12/h2-3,5,7-9H,4,6,10H2,1H3,(H,20,22). The molecule has 0 saturated heterocycles. The number of anilines is 1. The van der Waals surface area contributed by atoms with E-state index in [2.05, 4.69) is 10.3 Å². The number of carbonyl (C=O) groups excluding carboxylic acids is 1. The van der Waals surface area contributed by atoms with Crippen molar-refractivity contribution in [2.75, 3.05) is 18.2 Å². The molecule has 0 unspecified atom stereocenters. The summed E-state index contributed by atoms with van der Waals surface area (Å²) in [6, 6.07) is 6.59. The summed E-state index contributed by atoms with van der Waals surface area (Å²) in [5.74, 6) is 1.63. The van der Waals surface area contributed by atoms with Crippen molar-refractivity contribution in [1.82, 2.24) is 9.38 Å². The number of hydrogen-bond acceptors (Lipinski definition) is 6. The van der Waals surface area contributed by atoms with Crippen LogP contribution < -0.4 is 15.6 Å². The van der Waals surface area contributed by atoms with Gasteiger partial charge in [-0.05, 0) is 18.2 Å². The molecule has 6 nitrogen and oxygen atoms in total. The molecular weight excluding hydrogens is 394 g/mol. The minimum atomic E-state index is -0.125. The van der Waals surface area contributed by atoms with E-state index in [1.165, 1.54) is 28.9 Å². The summed E-state index contributed by atoms with van der Waals surface area (Å²) in [7, 11) is 1.54. The summed E-state index contributed by atoms with van der Waals surface area (Å²) < 4.78 is 6.73. The number of aromatic nitrogens is 2. The van der Waals surface area contributed by atoms with Crippen LogP contribution in [0.3, 0.4) is 0 Å². The number of ether oxygens (including phenoxy) is 1. The van der Waals surface area contributed by atoms with E-state index in [1.807, 2.05) is 5.38 Å². The van der Waals surface area contributed by atoms with Gasteiger partial charge in [-0.2, -0.15) is 11.8 Å². The van der Waals surface area contributed by atoms with Gasteiger partial charge in [-0.15, -0.1) is 11.3 Å².